The van der Waals surface area contributed by atoms with Gasteiger partial charge in [0.05, 0.1) is 0 Å². The van der Waals surface area contributed by atoms with Crippen LogP contribution >= 0.6 is 0 Å². The molecule has 0 nitrogen and oxygen atoms in total. The molecule has 194 valence electrons. The van der Waals surface area contributed by atoms with E-state index < -0.39 is 29.2 Å². The van der Waals surface area contributed by atoms with Crippen molar-refractivity contribution < 1.29 is 26.3 Å². The minimum atomic E-state index is -5.11. The first kappa shape index (κ1) is 26.6. The highest BCUT2D eigenvalue weighted by atomic mass is 19.4. The molecule has 1 aliphatic rings. The van der Waals surface area contributed by atoms with Gasteiger partial charge in [0.2, 0.25) is 0 Å². The summed E-state index contributed by atoms with van der Waals surface area (Å²) in [6.07, 6.45) is 5.01. The van der Waals surface area contributed by atoms with Crippen molar-refractivity contribution in [2.45, 2.75) is 83.2 Å². The molecule has 0 aromatic heterocycles. The summed E-state index contributed by atoms with van der Waals surface area (Å²) in [4.78, 5) is 0. The predicted molar refractivity (Wildman–Crippen MR) is 132 cm³/mol. The monoisotopic (exact) mass is 506 g/mol. The van der Waals surface area contributed by atoms with Crippen LogP contribution in [0.5, 0.6) is 0 Å². The Kier molecular flexibility index (Phi) is 8.31. The van der Waals surface area contributed by atoms with Crippen molar-refractivity contribution >= 4 is 10.8 Å². The average molecular weight is 507 g/mol. The molecule has 0 amide bonds. The lowest BCUT2D eigenvalue weighted by Crippen LogP contribution is -2.13. The molecule has 0 heterocycles. The second kappa shape index (κ2) is 11.3. The highest BCUT2D eigenvalue weighted by Gasteiger charge is 2.37. The van der Waals surface area contributed by atoms with E-state index in [1.165, 1.54) is 44.1 Å². The molecule has 1 fully saturated rings. The summed E-state index contributed by atoms with van der Waals surface area (Å²) in [5, 5.41) is 1.29. The van der Waals surface area contributed by atoms with Crippen LogP contribution < -0.4 is 0 Å². The fraction of sp³-hybridized carbons (Fsp3) is 0.467. The SMILES string of the molecule is CCCCCC1CCC(c2ccc3c(F)c(CCc4cc(F)c(C(F)(F)F)c(F)c4)ccc3c2)CC1. The maximum atomic E-state index is 15.2. The smallest absolute Gasteiger partial charge is 0.206 e. The molecule has 1 aliphatic carbocycles. The number of fused-ring (bicyclic) bond motifs is 1. The maximum absolute atomic E-state index is 15.2. The Hall–Kier alpha value is -2.50. The fourth-order valence-electron chi connectivity index (χ4n) is 5.59. The van der Waals surface area contributed by atoms with E-state index in [0.717, 1.165) is 24.1 Å². The Morgan fingerprint density at radius 2 is 1.50 bits per heavy atom. The van der Waals surface area contributed by atoms with Crippen LogP contribution in [0.25, 0.3) is 10.8 Å². The second-order valence-electron chi connectivity index (χ2n) is 10.2. The predicted octanol–water partition coefficient (Wildman–Crippen LogP) is 9.92. The van der Waals surface area contributed by atoms with E-state index in [0.29, 0.717) is 29.0 Å². The molecule has 4 rings (SSSR count). The lowest BCUT2D eigenvalue weighted by molar-refractivity contribution is -0.142. The largest absolute Gasteiger partial charge is 0.422 e. The van der Waals surface area contributed by atoms with Crippen LogP contribution in [0.15, 0.2) is 42.5 Å². The zero-order valence-electron chi connectivity index (χ0n) is 20.5. The molecule has 36 heavy (non-hydrogen) atoms. The van der Waals surface area contributed by atoms with Gasteiger partial charge < -0.3 is 0 Å². The molecule has 3 aromatic carbocycles. The Morgan fingerprint density at radius 3 is 2.14 bits per heavy atom. The molecule has 0 bridgehead atoms. The van der Waals surface area contributed by atoms with E-state index in [1.54, 1.807) is 12.1 Å². The van der Waals surface area contributed by atoms with Crippen molar-refractivity contribution in [3.63, 3.8) is 0 Å². The Bertz CT molecular complexity index is 1160. The van der Waals surface area contributed by atoms with Gasteiger partial charge in [-0.15, -0.1) is 0 Å². The topological polar surface area (TPSA) is 0 Å². The number of halogens is 6. The summed E-state index contributed by atoms with van der Waals surface area (Å²) in [6, 6.07) is 10.7. The van der Waals surface area contributed by atoms with E-state index in [1.807, 2.05) is 12.1 Å². The van der Waals surface area contributed by atoms with E-state index >= 15 is 4.39 Å². The van der Waals surface area contributed by atoms with Gasteiger partial charge in [0.15, 0.2) is 0 Å². The number of unbranched alkanes of at least 4 members (excludes halogenated alkanes) is 2. The molecule has 1 saturated carbocycles. The van der Waals surface area contributed by atoms with E-state index in [-0.39, 0.29) is 18.4 Å². The molecule has 0 saturated heterocycles. The maximum Gasteiger partial charge on any atom is 0.422 e. The quantitative estimate of drug-likeness (QED) is 0.211. The third-order valence-electron chi connectivity index (χ3n) is 7.66. The second-order valence-corrected chi connectivity index (χ2v) is 10.2. The first-order valence-electron chi connectivity index (χ1n) is 12.9. The van der Waals surface area contributed by atoms with Crippen LogP contribution in [0.2, 0.25) is 0 Å². The standard InChI is InChI=1S/C30H32F6/c1-2-3-4-5-19-6-9-21(10-7-19)23-14-15-25-24(18-23)13-12-22(29(25)33)11-8-20-16-26(31)28(27(32)17-20)30(34,35)36/h12-19,21H,2-11H2,1H3. The van der Waals surface area contributed by atoms with Gasteiger partial charge in [-0.25, -0.2) is 13.2 Å². The van der Waals surface area contributed by atoms with Crippen molar-refractivity contribution in [1.29, 1.82) is 0 Å². The molecule has 0 aliphatic heterocycles. The normalized spacial score (nSPS) is 18.6. The number of hydrogen-bond acceptors (Lipinski definition) is 0. The molecule has 0 radical (unpaired) electrons. The van der Waals surface area contributed by atoms with Crippen LogP contribution in [0.3, 0.4) is 0 Å². The number of benzene rings is 3. The zero-order valence-corrected chi connectivity index (χ0v) is 20.5. The zero-order chi connectivity index (χ0) is 25.9. The van der Waals surface area contributed by atoms with Gasteiger partial charge in [-0.05, 0) is 84.6 Å². The first-order valence-corrected chi connectivity index (χ1v) is 12.9. The first-order chi connectivity index (χ1) is 17.2. The molecule has 0 spiro atoms. The lowest BCUT2D eigenvalue weighted by atomic mass is 9.76. The van der Waals surface area contributed by atoms with Crippen molar-refractivity contribution in [1.82, 2.24) is 0 Å². The molecule has 0 N–H and O–H groups in total. The molecular weight excluding hydrogens is 474 g/mol. The fourth-order valence-corrected chi connectivity index (χ4v) is 5.59. The van der Waals surface area contributed by atoms with Gasteiger partial charge in [-0.3, -0.25) is 0 Å². The summed E-state index contributed by atoms with van der Waals surface area (Å²) >= 11 is 0. The summed E-state index contributed by atoms with van der Waals surface area (Å²) in [5.41, 5.74) is -0.247. The van der Waals surface area contributed by atoms with Gasteiger partial charge in [0.25, 0.3) is 0 Å². The van der Waals surface area contributed by atoms with Crippen LogP contribution in [-0.4, -0.2) is 0 Å². The highest BCUT2D eigenvalue weighted by Crippen LogP contribution is 2.39. The number of hydrogen-bond donors (Lipinski definition) is 0. The van der Waals surface area contributed by atoms with Crippen LogP contribution in [0.4, 0.5) is 26.3 Å². The summed E-state index contributed by atoms with van der Waals surface area (Å²) in [6.45, 7) is 2.23. The van der Waals surface area contributed by atoms with E-state index in [9.17, 15) is 22.0 Å². The highest BCUT2D eigenvalue weighted by molar-refractivity contribution is 5.84. The van der Waals surface area contributed by atoms with Gasteiger partial charge in [-0.1, -0.05) is 62.9 Å². The molecule has 0 unspecified atom stereocenters. The summed E-state index contributed by atoms with van der Waals surface area (Å²) in [7, 11) is 0. The van der Waals surface area contributed by atoms with Crippen LogP contribution in [0.1, 0.15) is 86.5 Å². The lowest BCUT2D eigenvalue weighted by Gasteiger charge is -2.29. The third kappa shape index (κ3) is 6.07. The summed E-state index contributed by atoms with van der Waals surface area (Å²) in [5.74, 6) is -2.39. The third-order valence-corrected chi connectivity index (χ3v) is 7.66. The van der Waals surface area contributed by atoms with Crippen molar-refractivity contribution in [2.24, 2.45) is 5.92 Å². The van der Waals surface area contributed by atoms with Crippen LogP contribution in [0, 0.1) is 23.4 Å². The Balaban J connectivity index is 1.43. The summed E-state index contributed by atoms with van der Waals surface area (Å²) < 4.78 is 81.3. The number of rotatable bonds is 8. The van der Waals surface area contributed by atoms with Crippen molar-refractivity contribution in [3.8, 4) is 0 Å². The minimum Gasteiger partial charge on any atom is -0.206 e. The van der Waals surface area contributed by atoms with Gasteiger partial charge in [0.1, 0.15) is 23.0 Å². The molecular formula is C30H32F6. The number of alkyl halides is 3. The Labute approximate surface area is 208 Å². The minimum absolute atomic E-state index is 0.0218. The Morgan fingerprint density at radius 1 is 0.806 bits per heavy atom. The molecule has 0 atom stereocenters. The van der Waals surface area contributed by atoms with Gasteiger partial charge in [0, 0.05) is 5.39 Å². The van der Waals surface area contributed by atoms with Gasteiger partial charge in [-0.2, -0.15) is 13.2 Å². The van der Waals surface area contributed by atoms with E-state index in [4.69, 9.17) is 0 Å². The average Bonchev–Trinajstić information content (AvgIpc) is 2.83. The van der Waals surface area contributed by atoms with Crippen molar-refractivity contribution in [2.75, 3.05) is 0 Å². The van der Waals surface area contributed by atoms with Crippen LogP contribution in [-0.2, 0) is 19.0 Å². The van der Waals surface area contributed by atoms with Gasteiger partial charge >= 0.3 is 6.18 Å². The number of aryl methyl sites for hydroxylation is 2. The van der Waals surface area contributed by atoms with Crippen molar-refractivity contribution in [3.05, 3.63) is 82.2 Å². The van der Waals surface area contributed by atoms with E-state index in [2.05, 4.69) is 13.0 Å². The molecule has 3 aromatic rings. The molecule has 6 heteroatoms.